The number of piperidine rings is 1. The van der Waals surface area contributed by atoms with Crippen LogP contribution in [0.2, 0.25) is 0 Å². The van der Waals surface area contributed by atoms with Gasteiger partial charge in [0.2, 0.25) is 0 Å². The highest BCUT2D eigenvalue weighted by Gasteiger charge is 2.31. The lowest BCUT2D eigenvalue weighted by atomic mass is 9.98. The average Bonchev–Trinajstić information content (AvgIpc) is 3.65. The van der Waals surface area contributed by atoms with E-state index in [2.05, 4.69) is 25.3 Å². The third-order valence-electron chi connectivity index (χ3n) is 6.45. The molecule has 0 spiro atoms. The first kappa shape index (κ1) is 27.7. The van der Waals surface area contributed by atoms with E-state index in [1.54, 1.807) is 35.9 Å². The molecule has 40 heavy (non-hydrogen) atoms. The predicted molar refractivity (Wildman–Crippen MR) is 150 cm³/mol. The molecule has 0 saturated carbocycles. The number of rotatable bonds is 7. The number of nitrogens with one attached hydrogen (secondary N) is 2. The number of carbonyl (C=O) groups excluding carboxylic acids is 1. The van der Waals surface area contributed by atoms with Crippen molar-refractivity contribution in [2.24, 2.45) is 0 Å². The molecular formula is C28H25F3N4O3S2. The van der Waals surface area contributed by atoms with Crippen LogP contribution in [0.15, 0.2) is 76.7 Å². The summed E-state index contributed by atoms with van der Waals surface area (Å²) in [6, 6.07) is 16.3. The number of ether oxygens (including phenoxy) is 1. The molecule has 0 radical (unpaired) electrons. The number of thiazole rings is 1. The van der Waals surface area contributed by atoms with Gasteiger partial charge in [0.05, 0.1) is 17.8 Å². The van der Waals surface area contributed by atoms with Crippen molar-refractivity contribution in [1.29, 1.82) is 0 Å². The van der Waals surface area contributed by atoms with E-state index >= 15 is 0 Å². The molecule has 1 aliphatic rings. The molecule has 2 aromatic carbocycles. The summed E-state index contributed by atoms with van der Waals surface area (Å²) in [5, 5.41) is 9.47. The van der Waals surface area contributed by atoms with Crippen LogP contribution in [-0.4, -0.2) is 40.4 Å². The van der Waals surface area contributed by atoms with E-state index in [1.807, 2.05) is 12.1 Å². The summed E-state index contributed by atoms with van der Waals surface area (Å²) in [6.07, 6.45) is -1.39. The number of benzene rings is 2. The van der Waals surface area contributed by atoms with Crippen LogP contribution in [0.1, 0.15) is 40.0 Å². The number of alkyl halides is 3. The second-order valence-corrected chi connectivity index (χ2v) is 10.4. The Kier molecular flexibility index (Phi) is 8.36. The molecule has 5 rings (SSSR count). The monoisotopic (exact) mass is 586 g/mol. The molecule has 0 unspecified atom stereocenters. The molecule has 2 N–H and O–H groups in total. The lowest BCUT2D eigenvalue weighted by Crippen LogP contribution is -2.43. The van der Waals surface area contributed by atoms with E-state index in [-0.39, 0.29) is 17.6 Å². The Morgan fingerprint density at radius 2 is 1.85 bits per heavy atom. The van der Waals surface area contributed by atoms with Crippen LogP contribution >= 0.6 is 23.6 Å². The van der Waals surface area contributed by atoms with Gasteiger partial charge in [-0.05, 0) is 61.0 Å². The summed E-state index contributed by atoms with van der Waals surface area (Å²) in [5.74, 6) is 0.389. The Balaban J connectivity index is 1.18. The Morgan fingerprint density at radius 3 is 2.55 bits per heavy atom. The zero-order valence-corrected chi connectivity index (χ0v) is 22.7. The first-order valence-corrected chi connectivity index (χ1v) is 13.8. The minimum Gasteiger partial charge on any atom is -0.467 e. The van der Waals surface area contributed by atoms with E-state index in [4.69, 9.17) is 16.6 Å². The van der Waals surface area contributed by atoms with Crippen molar-refractivity contribution in [2.45, 2.75) is 31.7 Å². The number of nitrogens with zero attached hydrogens (tertiary/aromatic N) is 2. The first-order chi connectivity index (χ1) is 19.2. The van der Waals surface area contributed by atoms with Crippen LogP contribution in [0.5, 0.6) is 5.75 Å². The van der Waals surface area contributed by atoms with Crippen LogP contribution in [0, 0.1) is 0 Å². The normalized spacial score (nSPS) is 14.1. The molecule has 7 nitrogen and oxygen atoms in total. The number of hydrogen-bond acceptors (Lipinski definition) is 6. The van der Waals surface area contributed by atoms with Gasteiger partial charge >= 0.3 is 6.36 Å². The molecule has 208 valence electrons. The molecule has 0 aliphatic carbocycles. The van der Waals surface area contributed by atoms with Crippen LogP contribution in [0.3, 0.4) is 0 Å². The Labute approximate surface area is 238 Å². The number of amides is 1. The molecule has 12 heteroatoms. The minimum absolute atomic E-state index is 0.236. The lowest BCUT2D eigenvalue weighted by molar-refractivity contribution is -0.274. The molecule has 1 saturated heterocycles. The first-order valence-electron chi connectivity index (χ1n) is 12.5. The van der Waals surface area contributed by atoms with Gasteiger partial charge in [0.15, 0.2) is 5.11 Å². The smallest absolute Gasteiger partial charge is 0.467 e. The summed E-state index contributed by atoms with van der Waals surface area (Å²) in [4.78, 5) is 19.8. The number of para-hydroxylation sites is 1. The number of furan rings is 1. The zero-order chi connectivity index (χ0) is 28.1. The minimum atomic E-state index is -4.76. The number of likely N-dealkylation sites (tertiary alicyclic amines) is 1. The summed E-state index contributed by atoms with van der Waals surface area (Å²) in [5.41, 5.74) is 2.14. The van der Waals surface area contributed by atoms with Crippen molar-refractivity contribution < 1.29 is 27.1 Å². The molecule has 1 aliphatic heterocycles. The summed E-state index contributed by atoms with van der Waals surface area (Å²) >= 11 is 6.99. The number of thiocarbonyl (C=S) groups is 1. The number of hydrogen-bond donors (Lipinski definition) is 2. The predicted octanol–water partition coefficient (Wildman–Crippen LogP) is 6.81. The van der Waals surface area contributed by atoms with Gasteiger partial charge in [-0.15, -0.1) is 24.5 Å². The second kappa shape index (κ2) is 12.1. The van der Waals surface area contributed by atoms with Crippen molar-refractivity contribution in [1.82, 2.24) is 15.2 Å². The van der Waals surface area contributed by atoms with Crippen LogP contribution in [0.4, 0.5) is 18.9 Å². The summed E-state index contributed by atoms with van der Waals surface area (Å²) < 4.78 is 46.7. The van der Waals surface area contributed by atoms with Crippen molar-refractivity contribution >= 4 is 40.3 Å². The molecule has 3 heterocycles. The van der Waals surface area contributed by atoms with E-state index in [0.29, 0.717) is 34.2 Å². The third kappa shape index (κ3) is 6.99. The fourth-order valence-electron chi connectivity index (χ4n) is 4.46. The maximum absolute atomic E-state index is 13.1. The van der Waals surface area contributed by atoms with Gasteiger partial charge in [0, 0.05) is 35.6 Å². The van der Waals surface area contributed by atoms with E-state index in [1.165, 1.54) is 35.6 Å². The Bertz CT molecular complexity index is 1450. The number of carbonyl (C=O) groups is 1. The average molecular weight is 587 g/mol. The van der Waals surface area contributed by atoms with Gasteiger partial charge < -0.3 is 24.7 Å². The van der Waals surface area contributed by atoms with E-state index in [9.17, 15) is 18.0 Å². The molecule has 2 aromatic heterocycles. The van der Waals surface area contributed by atoms with Crippen LogP contribution in [-0.2, 0) is 6.54 Å². The van der Waals surface area contributed by atoms with Crippen LogP contribution in [0.25, 0.3) is 11.1 Å². The number of anilines is 1. The fourth-order valence-corrected chi connectivity index (χ4v) is 5.69. The Hall–Kier alpha value is -3.90. The van der Waals surface area contributed by atoms with Gasteiger partial charge in [-0.25, -0.2) is 4.98 Å². The largest absolute Gasteiger partial charge is 0.573 e. The molecular weight excluding hydrogens is 561 g/mol. The maximum atomic E-state index is 13.1. The molecule has 1 fully saturated rings. The van der Waals surface area contributed by atoms with Gasteiger partial charge in [-0.2, -0.15) is 0 Å². The van der Waals surface area contributed by atoms with Crippen LogP contribution < -0.4 is 15.4 Å². The SMILES string of the molecule is O=C(Nc1ccccc1-c1ccc(OC(F)(F)F)cc1)c1csc(C2CCN(C(=S)NCc3ccco3)CC2)n1. The second-order valence-electron chi connectivity index (χ2n) is 9.14. The quantitative estimate of drug-likeness (QED) is 0.230. The third-order valence-corrected chi connectivity index (χ3v) is 7.86. The van der Waals surface area contributed by atoms with Gasteiger partial charge in [0.25, 0.3) is 5.91 Å². The highest BCUT2D eigenvalue weighted by atomic mass is 32.1. The fraction of sp³-hybridized carbons (Fsp3) is 0.250. The lowest BCUT2D eigenvalue weighted by Gasteiger charge is -2.33. The highest BCUT2D eigenvalue weighted by molar-refractivity contribution is 7.80. The molecule has 0 bridgehead atoms. The van der Waals surface area contributed by atoms with E-state index < -0.39 is 6.36 Å². The van der Waals surface area contributed by atoms with Crippen molar-refractivity contribution in [3.8, 4) is 16.9 Å². The van der Waals surface area contributed by atoms with Gasteiger partial charge in [-0.1, -0.05) is 30.3 Å². The summed E-state index contributed by atoms with van der Waals surface area (Å²) in [7, 11) is 0. The molecule has 4 aromatic rings. The summed E-state index contributed by atoms with van der Waals surface area (Å²) in [6.45, 7) is 2.11. The molecule has 1 amide bonds. The maximum Gasteiger partial charge on any atom is 0.573 e. The topological polar surface area (TPSA) is 79.6 Å². The van der Waals surface area contributed by atoms with Crippen molar-refractivity contribution in [3.63, 3.8) is 0 Å². The van der Waals surface area contributed by atoms with Crippen molar-refractivity contribution in [2.75, 3.05) is 18.4 Å². The zero-order valence-electron chi connectivity index (χ0n) is 21.1. The number of aromatic nitrogens is 1. The van der Waals surface area contributed by atoms with Crippen molar-refractivity contribution in [3.05, 3.63) is 88.8 Å². The van der Waals surface area contributed by atoms with E-state index in [0.717, 1.165) is 36.7 Å². The Morgan fingerprint density at radius 1 is 1.10 bits per heavy atom. The number of halogens is 3. The van der Waals surface area contributed by atoms with Gasteiger partial charge in [0.1, 0.15) is 17.2 Å². The standard InChI is InChI=1S/C28H25F3N4O3S2/c29-28(30,31)38-20-9-7-18(8-10-20)22-5-1-2-6-23(22)33-25(36)24-17-40-26(34-24)19-11-13-35(14-12-19)27(39)32-16-21-4-3-15-37-21/h1-10,15,17,19H,11-14,16H2,(H,32,39)(H,33,36). The van der Waals surface area contributed by atoms with Gasteiger partial charge in [-0.3, -0.25) is 4.79 Å². The highest BCUT2D eigenvalue weighted by Crippen LogP contribution is 2.33. The molecule has 0 atom stereocenters.